The van der Waals surface area contributed by atoms with Crippen molar-refractivity contribution in [3.8, 4) is 0 Å². The Balaban J connectivity index is 2.04. The number of rotatable bonds is 15. The van der Waals surface area contributed by atoms with Crippen LogP contribution >= 0.6 is 15.2 Å². The molecule has 8 N–H and O–H groups in total. The van der Waals surface area contributed by atoms with Gasteiger partial charge in [-0.05, 0) is 48.4 Å². The average molecular weight is 623 g/mol. The summed E-state index contributed by atoms with van der Waals surface area (Å²) in [6.07, 6.45) is -1.40. The summed E-state index contributed by atoms with van der Waals surface area (Å²) in [4.78, 5) is 73.2. The molecule has 1 aromatic carbocycles. The van der Waals surface area contributed by atoms with Gasteiger partial charge < -0.3 is 35.5 Å². The zero-order valence-corrected chi connectivity index (χ0v) is 24.0. The molecular formula is C25H31N5O10P2. The number of nitrogens with two attached hydrogens (primary N) is 1. The summed E-state index contributed by atoms with van der Waals surface area (Å²) < 4.78 is 24.3. The molecule has 3 rings (SSSR count). The molecule has 0 spiro atoms. The van der Waals surface area contributed by atoms with E-state index in [1.165, 1.54) is 46.2 Å². The lowest BCUT2D eigenvalue weighted by molar-refractivity contribution is 0.0678. The maximum Gasteiger partial charge on any atom is 0.354 e. The number of hydrogen-bond donors (Lipinski definition) is 7. The van der Waals surface area contributed by atoms with Crippen LogP contribution in [0.15, 0.2) is 60.7 Å². The van der Waals surface area contributed by atoms with Gasteiger partial charge in [-0.15, -0.1) is 0 Å². The smallest absolute Gasteiger partial charge is 0.354 e. The Hall–Kier alpha value is -3.52. The highest BCUT2D eigenvalue weighted by Gasteiger charge is 2.31. The number of benzene rings is 1. The number of nitrogens with zero attached hydrogens (tertiary/aromatic N) is 4. The van der Waals surface area contributed by atoms with Gasteiger partial charge in [0.2, 0.25) is 0 Å². The van der Waals surface area contributed by atoms with E-state index in [0.29, 0.717) is 11.3 Å². The first-order valence-electron chi connectivity index (χ1n) is 12.4. The molecule has 0 aliphatic rings. The van der Waals surface area contributed by atoms with Crippen LogP contribution in [0.4, 0.5) is 5.69 Å². The van der Waals surface area contributed by atoms with Gasteiger partial charge in [0, 0.05) is 31.4 Å². The number of hydrogen-bond acceptors (Lipinski definition) is 9. The Bertz CT molecular complexity index is 1490. The number of anilines is 1. The second-order valence-corrected chi connectivity index (χ2v) is 12.8. The quantitative estimate of drug-likeness (QED) is 0.0939. The molecule has 0 unspecified atom stereocenters. The van der Waals surface area contributed by atoms with E-state index >= 15 is 0 Å². The Kier molecular flexibility index (Phi) is 11.1. The molecule has 2 aromatic heterocycles. The summed E-state index contributed by atoms with van der Waals surface area (Å²) in [5, 5.41) is 18.6. The Morgan fingerprint density at radius 1 is 0.762 bits per heavy atom. The standard InChI is InChI=1S/C25H31N5O10P2/c26-18-9-7-17(8-10-18)11-21(30(16-42(38,39)40)13-20-4-2-6-23(28-20)25(33)34)14-29(15-41(35,36)37)12-19-3-1-5-22(27-19)24(31)32/h1-10,21H,11-16,26H2,(H,31,32)(H,33,34)(H2,35,36,37)(H2,38,39,40)/t21-/m0/s1. The second kappa shape index (κ2) is 14.1. The maximum atomic E-state index is 12.2. The number of carbonyl (C=O) groups is 2. The molecular weight excluding hydrogens is 592 g/mol. The van der Waals surface area contributed by atoms with Crippen molar-refractivity contribution in [3.63, 3.8) is 0 Å². The molecule has 0 aliphatic carbocycles. The summed E-state index contributed by atoms with van der Waals surface area (Å²) in [5.74, 6) is -2.58. The van der Waals surface area contributed by atoms with Crippen molar-refractivity contribution < 1.29 is 48.5 Å². The van der Waals surface area contributed by atoms with Crippen LogP contribution in [0.5, 0.6) is 0 Å². The summed E-state index contributed by atoms with van der Waals surface area (Å²) in [6.45, 7) is -0.559. The minimum atomic E-state index is -4.71. The molecule has 42 heavy (non-hydrogen) atoms. The molecule has 17 heteroatoms. The predicted molar refractivity (Wildman–Crippen MR) is 151 cm³/mol. The highest BCUT2D eigenvalue weighted by Crippen LogP contribution is 2.38. The van der Waals surface area contributed by atoms with E-state index in [0.717, 1.165) is 0 Å². The topological polar surface area (TPSA) is 248 Å². The van der Waals surface area contributed by atoms with Gasteiger partial charge in [-0.1, -0.05) is 24.3 Å². The van der Waals surface area contributed by atoms with Crippen LogP contribution < -0.4 is 5.73 Å². The van der Waals surface area contributed by atoms with Gasteiger partial charge in [0.15, 0.2) is 0 Å². The minimum Gasteiger partial charge on any atom is -0.477 e. The van der Waals surface area contributed by atoms with Crippen molar-refractivity contribution in [2.45, 2.75) is 25.6 Å². The van der Waals surface area contributed by atoms with Crippen molar-refractivity contribution in [1.82, 2.24) is 19.8 Å². The van der Waals surface area contributed by atoms with Crippen LogP contribution in [0.2, 0.25) is 0 Å². The zero-order chi connectivity index (χ0) is 31.1. The normalized spacial score (nSPS) is 12.9. The fraction of sp³-hybridized carbons (Fsp3) is 0.280. The van der Waals surface area contributed by atoms with Crippen LogP contribution in [0.25, 0.3) is 0 Å². The van der Waals surface area contributed by atoms with Gasteiger partial charge in [0.1, 0.15) is 24.0 Å². The molecule has 15 nitrogen and oxygen atoms in total. The van der Waals surface area contributed by atoms with E-state index < -0.39 is 45.7 Å². The molecule has 3 aromatic rings. The van der Waals surface area contributed by atoms with E-state index in [9.17, 15) is 48.5 Å². The van der Waals surface area contributed by atoms with E-state index in [1.54, 1.807) is 24.3 Å². The summed E-state index contributed by atoms with van der Waals surface area (Å²) in [7, 11) is -9.39. The zero-order valence-electron chi connectivity index (χ0n) is 22.2. The van der Waals surface area contributed by atoms with Gasteiger partial charge >= 0.3 is 27.1 Å². The number of carboxylic acids is 2. The number of aromatic nitrogens is 2. The summed E-state index contributed by atoms with van der Waals surface area (Å²) in [6, 6.07) is 14.3. The lowest BCUT2D eigenvalue weighted by Crippen LogP contribution is -2.45. The van der Waals surface area contributed by atoms with Crippen molar-refractivity contribution in [3.05, 3.63) is 89.0 Å². The average Bonchev–Trinajstić information content (AvgIpc) is 2.87. The molecule has 0 radical (unpaired) electrons. The number of nitrogen functional groups attached to an aromatic ring is 1. The molecule has 0 amide bonds. The minimum absolute atomic E-state index is 0.138. The fourth-order valence-electron chi connectivity index (χ4n) is 4.31. The van der Waals surface area contributed by atoms with Crippen LogP contribution in [0.1, 0.15) is 37.9 Å². The van der Waals surface area contributed by atoms with Crippen LogP contribution in [-0.2, 0) is 28.6 Å². The highest BCUT2D eigenvalue weighted by molar-refractivity contribution is 7.51. The van der Waals surface area contributed by atoms with Crippen molar-refractivity contribution >= 4 is 32.8 Å². The van der Waals surface area contributed by atoms with Gasteiger partial charge in [0.05, 0.1) is 11.4 Å². The third-order valence-corrected chi connectivity index (χ3v) is 7.49. The lowest BCUT2D eigenvalue weighted by Gasteiger charge is -2.35. The van der Waals surface area contributed by atoms with Crippen molar-refractivity contribution in [1.29, 1.82) is 0 Å². The van der Waals surface area contributed by atoms with E-state index in [4.69, 9.17) is 5.73 Å². The first kappa shape index (κ1) is 33.0. The maximum absolute atomic E-state index is 12.2. The number of pyridine rings is 2. The summed E-state index contributed by atoms with van der Waals surface area (Å²) >= 11 is 0. The Morgan fingerprint density at radius 2 is 1.26 bits per heavy atom. The third kappa shape index (κ3) is 11.0. The second-order valence-electron chi connectivity index (χ2n) is 9.61. The van der Waals surface area contributed by atoms with Gasteiger partial charge in [0.25, 0.3) is 0 Å². The Morgan fingerprint density at radius 3 is 1.74 bits per heavy atom. The largest absolute Gasteiger partial charge is 0.477 e. The number of aromatic carboxylic acids is 2. The van der Waals surface area contributed by atoms with Gasteiger partial charge in [-0.3, -0.25) is 18.9 Å². The molecule has 0 saturated carbocycles. The molecule has 2 heterocycles. The van der Waals surface area contributed by atoms with E-state index in [2.05, 4.69) is 9.97 Å². The summed E-state index contributed by atoms with van der Waals surface area (Å²) in [5.41, 5.74) is 6.83. The number of carboxylic acid groups (broad SMARTS) is 2. The van der Waals surface area contributed by atoms with Gasteiger partial charge in [-0.25, -0.2) is 19.6 Å². The first-order chi connectivity index (χ1) is 19.6. The Labute approximate surface area is 240 Å². The predicted octanol–water partition coefficient (Wildman–Crippen LogP) is 1.64. The lowest BCUT2D eigenvalue weighted by atomic mass is 10.0. The van der Waals surface area contributed by atoms with Crippen molar-refractivity contribution in [2.75, 3.05) is 24.9 Å². The van der Waals surface area contributed by atoms with E-state index in [1.807, 2.05) is 0 Å². The van der Waals surface area contributed by atoms with Crippen LogP contribution in [0.3, 0.4) is 0 Å². The van der Waals surface area contributed by atoms with Crippen molar-refractivity contribution in [2.24, 2.45) is 0 Å². The molecule has 0 fully saturated rings. The third-order valence-electron chi connectivity index (χ3n) is 5.99. The molecule has 226 valence electrons. The van der Waals surface area contributed by atoms with Crippen LogP contribution in [0, 0.1) is 0 Å². The molecule has 0 bridgehead atoms. The fourth-order valence-corrected chi connectivity index (χ4v) is 5.85. The van der Waals surface area contributed by atoms with E-state index in [-0.39, 0.29) is 48.8 Å². The molecule has 0 aliphatic heterocycles. The molecule has 0 saturated heterocycles. The first-order valence-corrected chi connectivity index (χ1v) is 16.0. The van der Waals surface area contributed by atoms with Gasteiger partial charge in [-0.2, -0.15) is 0 Å². The SMILES string of the molecule is Nc1ccc(C[C@@H](CN(Cc2cccc(C(=O)O)n2)CP(=O)(O)O)N(Cc2cccc(C(=O)O)n2)CP(=O)(O)O)cc1. The van der Waals surface area contributed by atoms with Crippen LogP contribution in [-0.4, -0.2) is 86.7 Å². The monoisotopic (exact) mass is 623 g/mol. The highest BCUT2D eigenvalue weighted by atomic mass is 31.2. The molecule has 1 atom stereocenters.